The number of hydrogen-bond acceptors (Lipinski definition) is 2. The van der Waals surface area contributed by atoms with Gasteiger partial charge in [-0.1, -0.05) is 11.6 Å². The van der Waals surface area contributed by atoms with E-state index >= 15 is 0 Å². The van der Waals surface area contributed by atoms with Crippen LogP contribution in [0.5, 0.6) is 0 Å². The maximum absolute atomic E-state index is 13.2. The number of carbonyl (C=O) groups is 1. The summed E-state index contributed by atoms with van der Waals surface area (Å²) in [6.45, 7) is 1.81. The van der Waals surface area contributed by atoms with Gasteiger partial charge >= 0.3 is 5.97 Å². The molecule has 0 atom stereocenters. The molecule has 2 rings (SSSR count). The van der Waals surface area contributed by atoms with Gasteiger partial charge in [0.25, 0.3) is 0 Å². The number of aryl methyl sites for hydroxylation is 1. The van der Waals surface area contributed by atoms with Crippen molar-refractivity contribution >= 4 is 33.3 Å². The van der Waals surface area contributed by atoms with Crippen LogP contribution >= 0.6 is 15.9 Å². The molecular formula is C14H11BrFNO2. The van der Waals surface area contributed by atoms with Crippen molar-refractivity contribution in [1.82, 2.24) is 0 Å². The predicted octanol–water partition coefficient (Wildman–Crippen LogP) is 4.34. The quantitative estimate of drug-likeness (QED) is 0.883. The number of hydrogen-bond donors (Lipinski definition) is 2. The van der Waals surface area contributed by atoms with Crippen LogP contribution in [0.3, 0.4) is 0 Å². The highest BCUT2D eigenvalue weighted by Crippen LogP contribution is 2.28. The van der Waals surface area contributed by atoms with Gasteiger partial charge in [-0.15, -0.1) is 0 Å². The number of aromatic carboxylic acids is 1. The van der Waals surface area contributed by atoms with E-state index in [2.05, 4.69) is 21.2 Å². The molecule has 2 aromatic carbocycles. The van der Waals surface area contributed by atoms with Crippen LogP contribution in [0.2, 0.25) is 0 Å². The van der Waals surface area contributed by atoms with Crippen molar-refractivity contribution in [2.75, 3.05) is 5.32 Å². The molecule has 0 aliphatic heterocycles. The molecule has 0 unspecified atom stereocenters. The predicted molar refractivity (Wildman–Crippen MR) is 75.5 cm³/mol. The Morgan fingerprint density at radius 1 is 1.21 bits per heavy atom. The van der Waals surface area contributed by atoms with Crippen molar-refractivity contribution in [2.24, 2.45) is 0 Å². The summed E-state index contributed by atoms with van der Waals surface area (Å²) in [7, 11) is 0. The minimum Gasteiger partial charge on any atom is -0.478 e. The monoisotopic (exact) mass is 323 g/mol. The topological polar surface area (TPSA) is 49.3 Å². The summed E-state index contributed by atoms with van der Waals surface area (Å²) < 4.78 is 13.9. The van der Waals surface area contributed by atoms with E-state index < -0.39 is 11.8 Å². The van der Waals surface area contributed by atoms with Crippen molar-refractivity contribution in [3.8, 4) is 0 Å². The van der Waals surface area contributed by atoms with Gasteiger partial charge in [0.1, 0.15) is 5.82 Å². The van der Waals surface area contributed by atoms with Gasteiger partial charge in [0.15, 0.2) is 0 Å². The van der Waals surface area contributed by atoms with Crippen LogP contribution in [0.15, 0.2) is 40.9 Å². The smallest absolute Gasteiger partial charge is 0.337 e. The first-order valence-corrected chi connectivity index (χ1v) is 6.32. The van der Waals surface area contributed by atoms with Crippen LogP contribution < -0.4 is 5.32 Å². The molecule has 0 saturated carbocycles. The van der Waals surface area contributed by atoms with Gasteiger partial charge in [-0.3, -0.25) is 0 Å². The number of anilines is 2. The summed E-state index contributed by atoms with van der Waals surface area (Å²) in [5.74, 6) is -1.42. The first-order chi connectivity index (χ1) is 8.97. The molecule has 0 aliphatic carbocycles. The van der Waals surface area contributed by atoms with E-state index in [0.717, 1.165) is 5.56 Å². The molecule has 0 bridgehead atoms. The average Bonchev–Trinajstić information content (AvgIpc) is 2.35. The van der Waals surface area contributed by atoms with Gasteiger partial charge in [-0.2, -0.15) is 0 Å². The van der Waals surface area contributed by atoms with Crippen molar-refractivity contribution in [3.63, 3.8) is 0 Å². The van der Waals surface area contributed by atoms with Gasteiger partial charge < -0.3 is 10.4 Å². The lowest BCUT2D eigenvalue weighted by Crippen LogP contribution is -2.03. The second-order valence-corrected chi connectivity index (χ2v) is 4.96. The lowest BCUT2D eigenvalue weighted by molar-refractivity contribution is 0.0698. The molecule has 3 nitrogen and oxygen atoms in total. The lowest BCUT2D eigenvalue weighted by Gasteiger charge is -2.12. The molecule has 98 valence electrons. The Balaban J connectivity index is 2.43. The summed E-state index contributed by atoms with van der Waals surface area (Å²) in [6, 6.07) is 9.21. The van der Waals surface area contributed by atoms with Crippen molar-refractivity contribution < 1.29 is 14.3 Å². The van der Waals surface area contributed by atoms with Gasteiger partial charge in [-0.25, -0.2) is 9.18 Å². The van der Waals surface area contributed by atoms with E-state index in [-0.39, 0.29) is 5.56 Å². The SMILES string of the molecule is Cc1ccc(Nc2cc(F)ccc2Br)c(C(=O)O)c1. The molecule has 2 aromatic rings. The molecule has 0 aliphatic rings. The highest BCUT2D eigenvalue weighted by Gasteiger charge is 2.11. The molecule has 0 amide bonds. The third-order valence-electron chi connectivity index (χ3n) is 2.60. The first kappa shape index (κ1) is 13.5. The van der Waals surface area contributed by atoms with E-state index in [4.69, 9.17) is 5.11 Å². The maximum atomic E-state index is 13.2. The van der Waals surface area contributed by atoms with Crippen LogP contribution in [-0.2, 0) is 0 Å². The summed E-state index contributed by atoms with van der Waals surface area (Å²) in [6.07, 6.45) is 0. The Bertz CT molecular complexity index is 643. The fourth-order valence-corrected chi connectivity index (χ4v) is 2.03. The van der Waals surface area contributed by atoms with E-state index in [1.807, 2.05) is 6.92 Å². The largest absolute Gasteiger partial charge is 0.478 e. The summed E-state index contributed by atoms with van der Waals surface area (Å²) in [4.78, 5) is 11.2. The minimum atomic E-state index is -1.03. The van der Waals surface area contributed by atoms with E-state index in [1.165, 1.54) is 12.1 Å². The van der Waals surface area contributed by atoms with Crippen LogP contribution in [0.1, 0.15) is 15.9 Å². The lowest BCUT2D eigenvalue weighted by atomic mass is 10.1. The molecule has 0 radical (unpaired) electrons. The standard InChI is InChI=1S/C14H11BrFNO2/c1-8-2-5-12(10(6-8)14(18)19)17-13-7-9(16)3-4-11(13)15/h2-7,17H,1H3,(H,18,19). The van der Waals surface area contributed by atoms with Crippen molar-refractivity contribution in [3.05, 3.63) is 57.8 Å². The molecule has 0 heterocycles. The number of carboxylic acids is 1. The molecule has 0 fully saturated rings. The Labute approximate surface area is 118 Å². The van der Waals surface area contributed by atoms with Gasteiger partial charge in [0, 0.05) is 4.47 Å². The zero-order valence-corrected chi connectivity index (χ0v) is 11.7. The fraction of sp³-hybridized carbons (Fsp3) is 0.0714. The van der Waals surface area contributed by atoms with Gasteiger partial charge in [0.2, 0.25) is 0 Å². The summed E-state index contributed by atoms with van der Waals surface area (Å²) >= 11 is 3.29. The average molecular weight is 324 g/mol. The Morgan fingerprint density at radius 2 is 1.95 bits per heavy atom. The van der Waals surface area contributed by atoms with Crippen molar-refractivity contribution in [2.45, 2.75) is 6.92 Å². The number of carboxylic acid groups (broad SMARTS) is 1. The zero-order chi connectivity index (χ0) is 14.0. The van der Waals surface area contributed by atoms with E-state index in [9.17, 15) is 9.18 Å². The molecule has 2 N–H and O–H groups in total. The molecule has 0 aromatic heterocycles. The van der Waals surface area contributed by atoms with Crippen LogP contribution in [0.4, 0.5) is 15.8 Å². The molecular weight excluding hydrogens is 313 g/mol. The van der Waals surface area contributed by atoms with Crippen molar-refractivity contribution in [1.29, 1.82) is 0 Å². The first-order valence-electron chi connectivity index (χ1n) is 5.53. The molecule has 0 spiro atoms. The number of nitrogens with one attached hydrogen (secondary N) is 1. The van der Waals surface area contributed by atoms with Crippen LogP contribution in [-0.4, -0.2) is 11.1 Å². The maximum Gasteiger partial charge on any atom is 0.337 e. The minimum absolute atomic E-state index is 0.149. The molecule has 0 saturated heterocycles. The third kappa shape index (κ3) is 3.12. The number of halogens is 2. The van der Waals surface area contributed by atoms with Crippen LogP contribution in [0, 0.1) is 12.7 Å². The second-order valence-electron chi connectivity index (χ2n) is 4.10. The zero-order valence-electron chi connectivity index (χ0n) is 10.1. The van der Waals surface area contributed by atoms with Gasteiger partial charge in [-0.05, 0) is 53.2 Å². The Hall–Kier alpha value is -1.88. The fourth-order valence-electron chi connectivity index (χ4n) is 1.68. The number of benzene rings is 2. The summed E-state index contributed by atoms with van der Waals surface area (Å²) in [5, 5.41) is 12.1. The third-order valence-corrected chi connectivity index (χ3v) is 3.29. The number of rotatable bonds is 3. The van der Waals surface area contributed by atoms with Gasteiger partial charge in [0.05, 0.1) is 16.9 Å². The second kappa shape index (κ2) is 5.40. The highest BCUT2D eigenvalue weighted by atomic mass is 79.9. The highest BCUT2D eigenvalue weighted by molar-refractivity contribution is 9.10. The molecule has 19 heavy (non-hydrogen) atoms. The summed E-state index contributed by atoms with van der Waals surface area (Å²) in [5.41, 5.74) is 1.90. The molecule has 5 heteroatoms. The normalized spacial score (nSPS) is 10.3. The Kier molecular flexibility index (Phi) is 3.85. The van der Waals surface area contributed by atoms with E-state index in [0.29, 0.717) is 15.8 Å². The van der Waals surface area contributed by atoms with E-state index in [1.54, 1.807) is 24.3 Å². The Morgan fingerprint density at radius 3 is 2.63 bits per heavy atom. The van der Waals surface area contributed by atoms with Crippen LogP contribution in [0.25, 0.3) is 0 Å².